The Hall–Kier alpha value is -1.20. The number of nitrogens with two attached hydrogens (primary N) is 1. The summed E-state index contributed by atoms with van der Waals surface area (Å²) in [5.74, 6) is 1.74. The molecule has 2 aromatic heterocycles. The summed E-state index contributed by atoms with van der Waals surface area (Å²) in [6.45, 7) is 0.659. The average molecular weight is 220 g/mol. The van der Waals surface area contributed by atoms with Crippen molar-refractivity contribution in [3.63, 3.8) is 0 Å². The minimum atomic E-state index is 0.0997. The van der Waals surface area contributed by atoms with Gasteiger partial charge in [-0.2, -0.15) is 5.10 Å². The highest BCUT2D eigenvalue weighted by atomic mass is 32.1. The zero-order chi connectivity index (χ0) is 10.3. The maximum absolute atomic E-state index is 5.74. The van der Waals surface area contributed by atoms with Crippen LogP contribution in [0, 0.1) is 0 Å². The second-order valence-corrected chi connectivity index (χ2v) is 4.92. The predicted molar refractivity (Wildman–Crippen MR) is 59.7 cm³/mol. The van der Waals surface area contributed by atoms with Crippen LogP contribution in [0.15, 0.2) is 17.5 Å². The number of nitrogens with one attached hydrogen (secondary N) is 1. The van der Waals surface area contributed by atoms with Crippen molar-refractivity contribution in [2.24, 2.45) is 5.73 Å². The van der Waals surface area contributed by atoms with E-state index in [9.17, 15) is 0 Å². The first-order valence-electron chi connectivity index (χ1n) is 5.01. The van der Waals surface area contributed by atoms with Gasteiger partial charge in [0.2, 0.25) is 0 Å². The maximum atomic E-state index is 5.74. The molecule has 0 unspecified atom stereocenters. The molecular weight excluding hydrogens is 208 g/mol. The number of thiophene rings is 1. The molecule has 0 saturated heterocycles. The van der Waals surface area contributed by atoms with Gasteiger partial charge in [-0.15, -0.1) is 11.3 Å². The summed E-state index contributed by atoms with van der Waals surface area (Å²) >= 11 is 1.65. The Labute approximate surface area is 91.5 Å². The topological polar surface area (TPSA) is 67.6 Å². The van der Waals surface area contributed by atoms with E-state index in [0.717, 1.165) is 29.4 Å². The second kappa shape index (κ2) is 3.15. The van der Waals surface area contributed by atoms with E-state index in [1.807, 2.05) is 17.5 Å². The van der Waals surface area contributed by atoms with Crippen LogP contribution in [-0.2, 0) is 5.41 Å². The monoisotopic (exact) mass is 220 g/mol. The Balaban J connectivity index is 1.95. The van der Waals surface area contributed by atoms with Gasteiger partial charge in [-0.05, 0) is 24.3 Å². The van der Waals surface area contributed by atoms with Crippen molar-refractivity contribution in [2.45, 2.75) is 18.3 Å². The fraction of sp³-hybridized carbons (Fsp3) is 0.400. The van der Waals surface area contributed by atoms with Crippen LogP contribution in [-0.4, -0.2) is 21.7 Å². The minimum absolute atomic E-state index is 0.0997. The largest absolute Gasteiger partial charge is 0.329 e. The number of aromatic nitrogens is 3. The maximum Gasteiger partial charge on any atom is 0.191 e. The van der Waals surface area contributed by atoms with Crippen LogP contribution in [0.25, 0.3) is 10.7 Å². The number of rotatable bonds is 3. The van der Waals surface area contributed by atoms with Gasteiger partial charge < -0.3 is 5.73 Å². The Bertz CT molecular complexity index is 455. The van der Waals surface area contributed by atoms with Crippen molar-refractivity contribution in [1.82, 2.24) is 15.2 Å². The van der Waals surface area contributed by atoms with E-state index in [2.05, 4.69) is 15.2 Å². The van der Waals surface area contributed by atoms with Crippen LogP contribution in [0.1, 0.15) is 18.7 Å². The summed E-state index contributed by atoms with van der Waals surface area (Å²) in [5, 5.41) is 9.27. The van der Waals surface area contributed by atoms with Gasteiger partial charge in [0.25, 0.3) is 0 Å². The second-order valence-electron chi connectivity index (χ2n) is 3.97. The molecule has 2 aromatic rings. The van der Waals surface area contributed by atoms with Gasteiger partial charge in [0, 0.05) is 12.0 Å². The Morgan fingerprint density at radius 2 is 2.40 bits per heavy atom. The number of H-pyrrole nitrogens is 1. The highest BCUT2D eigenvalue weighted by molar-refractivity contribution is 7.13. The Kier molecular flexibility index (Phi) is 1.90. The summed E-state index contributed by atoms with van der Waals surface area (Å²) in [7, 11) is 0. The average Bonchev–Trinajstić information content (AvgIpc) is 2.74. The summed E-state index contributed by atoms with van der Waals surface area (Å²) in [6, 6.07) is 4.03. The molecule has 0 bridgehead atoms. The van der Waals surface area contributed by atoms with E-state index in [-0.39, 0.29) is 5.41 Å². The van der Waals surface area contributed by atoms with E-state index >= 15 is 0 Å². The molecule has 1 aliphatic rings. The summed E-state index contributed by atoms with van der Waals surface area (Å²) in [5.41, 5.74) is 5.84. The van der Waals surface area contributed by atoms with E-state index in [1.54, 1.807) is 11.3 Å². The number of aromatic amines is 1. The standard InChI is InChI=1S/C10H12N4S/c11-6-10(3-4-10)9-12-8(13-14-9)7-2-1-5-15-7/h1-2,5H,3-4,6,11H2,(H,12,13,14). The van der Waals surface area contributed by atoms with E-state index in [0.29, 0.717) is 6.54 Å². The van der Waals surface area contributed by atoms with Gasteiger partial charge in [0.05, 0.1) is 4.88 Å². The predicted octanol–water partition coefficient (Wildman–Crippen LogP) is 1.52. The lowest BCUT2D eigenvalue weighted by Crippen LogP contribution is -2.21. The van der Waals surface area contributed by atoms with Crippen molar-refractivity contribution in [3.05, 3.63) is 23.3 Å². The third-order valence-electron chi connectivity index (χ3n) is 2.97. The molecule has 0 aliphatic heterocycles. The zero-order valence-corrected chi connectivity index (χ0v) is 9.05. The van der Waals surface area contributed by atoms with Crippen molar-refractivity contribution in [2.75, 3.05) is 6.54 Å². The molecule has 5 heteroatoms. The molecular formula is C10H12N4S. The smallest absolute Gasteiger partial charge is 0.191 e. The SMILES string of the molecule is NCC1(c2nc(-c3cccs3)n[nH]2)CC1. The van der Waals surface area contributed by atoms with Gasteiger partial charge in [-0.25, -0.2) is 4.98 Å². The molecule has 0 atom stereocenters. The first-order valence-corrected chi connectivity index (χ1v) is 5.89. The van der Waals surface area contributed by atoms with Crippen molar-refractivity contribution < 1.29 is 0 Å². The molecule has 1 saturated carbocycles. The fourth-order valence-electron chi connectivity index (χ4n) is 1.70. The lowest BCUT2D eigenvalue weighted by atomic mass is 10.1. The van der Waals surface area contributed by atoms with Crippen LogP contribution in [0.2, 0.25) is 0 Å². The van der Waals surface area contributed by atoms with E-state index in [4.69, 9.17) is 5.73 Å². The molecule has 15 heavy (non-hydrogen) atoms. The van der Waals surface area contributed by atoms with Gasteiger partial charge in [0.15, 0.2) is 5.82 Å². The van der Waals surface area contributed by atoms with E-state index in [1.165, 1.54) is 0 Å². The van der Waals surface area contributed by atoms with Crippen LogP contribution >= 0.6 is 11.3 Å². The van der Waals surface area contributed by atoms with Crippen LogP contribution in [0.4, 0.5) is 0 Å². The van der Waals surface area contributed by atoms with Crippen LogP contribution in [0.3, 0.4) is 0 Å². The molecule has 1 fully saturated rings. The summed E-state index contributed by atoms with van der Waals surface area (Å²) in [4.78, 5) is 5.62. The molecule has 78 valence electrons. The van der Waals surface area contributed by atoms with Crippen LogP contribution < -0.4 is 5.73 Å². The number of hydrogen-bond acceptors (Lipinski definition) is 4. The van der Waals surface area contributed by atoms with Gasteiger partial charge >= 0.3 is 0 Å². The number of hydrogen-bond donors (Lipinski definition) is 2. The van der Waals surface area contributed by atoms with Crippen molar-refractivity contribution >= 4 is 11.3 Å². The highest BCUT2D eigenvalue weighted by Crippen LogP contribution is 2.45. The normalized spacial score (nSPS) is 17.9. The quantitative estimate of drug-likeness (QED) is 0.824. The Morgan fingerprint density at radius 1 is 1.53 bits per heavy atom. The lowest BCUT2D eigenvalue weighted by Gasteiger charge is -2.05. The molecule has 0 amide bonds. The molecule has 4 nitrogen and oxygen atoms in total. The Morgan fingerprint density at radius 3 is 3.00 bits per heavy atom. The van der Waals surface area contributed by atoms with E-state index < -0.39 is 0 Å². The molecule has 1 aliphatic carbocycles. The summed E-state index contributed by atoms with van der Waals surface area (Å²) in [6.07, 6.45) is 2.26. The lowest BCUT2D eigenvalue weighted by molar-refractivity contribution is 0.653. The molecule has 2 heterocycles. The molecule has 0 spiro atoms. The van der Waals surface area contributed by atoms with Crippen LogP contribution in [0.5, 0.6) is 0 Å². The van der Waals surface area contributed by atoms with Crippen molar-refractivity contribution in [1.29, 1.82) is 0 Å². The third kappa shape index (κ3) is 1.39. The van der Waals surface area contributed by atoms with Gasteiger partial charge in [-0.1, -0.05) is 6.07 Å². The first-order chi connectivity index (χ1) is 7.34. The van der Waals surface area contributed by atoms with Gasteiger partial charge in [0.1, 0.15) is 5.82 Å². The van der Waals surface area contributed by atoms with Gasteiger partial charge in [-0.3, -0.25) is 5.10 Å². The zero-order valence-electron chi connectivity index (χ0n) is 8.23. The molecule has 3 N–H and O–H groups in total. The van der Waals surface area contributed by atoms with Crippen molar-refractivity contribution in [3.8, 4) is 10.7 Å². The molecule has 0 radical (unpaired) electrons. The minimum Gasteiger partial charge on any atom is -0.329 e. The fourth-order valence-corrected chi connectivity index (χ4v) is 2.36. The molecule has 3 rings (SSSR count). The molecule has 0 aromatic carbocycles. The first kappa shape index (κ1) is 9.06. The summed E-state index contributed by atoms with van der Waals surface area (Å²) < 4.78 is 0. The highest BCUT2D eigenvalue weighted by Gasteiger charge is 2.46. The number of nitrogens with zero attached hydrogens (tertiary/aromatic N) is 2. The third-order valence-corrected chi connectivity index (χ3v) is 3.84.